The number of halogens is 2. The third-order valence-electron chi connectivity index (χ3n) is 3.71. The van der Waals surface area contributed by atoms with Crippen LogP contribution in [0.5, 0.6) is 5.88 Å². The zero-order valence-corrected chi connectivity index (χ0v) is 13.0. The first-order valence-corrected chi connectivity index (χ1v) is 7.73. The van der Waals surface area contributed by atoms with Crippen LogP contribution in [0.25, 0.3) is 11.4 Å². The number of nitrogens with one attached hydrogen (secondary N) is 1. The molecule has 0 spiro atoms. The fourth-order valence-corrected chi connectivity index (χ4v) is 2.50. The second kappa shape index (κ2) is 8.11. The highest BCUT2D eigenvalue weighted by molar-refractivity contribution is 5.55. The molecule has 3 heterocycles. The Morgan fingerprint density at radius 2 is 2.17 bits per heavy atom. The van der Waals surface area contributed by atoms with Gasteiger partial charge in [0.1, 0.15) is 6.61 Å². The second-order valence-electron chi connectivity index (χ2n) is 5.48. The Morgan fingerprint density at radius 1 is 1.33 bits per heavy atom. The van der Waals surface area contributed by atoms with Crippen LogP contribution >= 0.6 is 0 Å². The smallest absolute Gasteiger partial charge is 0.388 e. The van der Waals surface area contributed by atoms with E-state index in [9.17, 15) is 8.78 Å². The Balaban J connectivity index is 1.55. The van der Waals surface area contributed by atoms with Crippen LogP contribution < -0.4 is 10.1 Å². The minimum absolute atomic E-state index is 0.198. The lowest BCUT2D eigenvalue weighted by Gasteiger charge is -2.21. The van der Waals surface area contributed by atoms with Crippen LogP contribution in [-0.2, 0) is 11.3 Å². The van der Waals surface area contributed by atoms with Gasteiger partial charge >= 0.3 is 6.61 Å². The van der Waals surface area contributed by atoms with Gasteiger partial charge in [0, 0.05) is 17.8 Å². The van der Waals surface area contributed by atoms with E-state index in [0.717, 1.165) is 25.9 Å². The predicted molar refractivity (Wildman–Crippen MR) is 79.4 cm³/mol. The molecule has 1 saturated heterocycles. The summed E-state index contributed by atoms with van der Waals surface area (Å²) in [7, 11) is 0. The summed E-state index contributed by atoms with van der Waals surface area (Å²) in [5.41, 5.74) is 0.481. The average molecular weight is 340 g/mol. The third kappa shape index (κ3) is 4.68. The minimum atomic E-state index is -2.93. The third-order valence-corrected chi connectivity index (χ3v) is 3.71. The molecular formula is C15H18F2N4O3. The van der Waals surface area contributed by atoms with E-state index in [0.29, 0.717) is 24.0 Å². The maximum Gasteiger partial charge on any atom is 0.388 e. The number of rotatable bonds is 7. The molecule has 0 bridgehead atoms. The Kier molecular flexibility index (Phi) is 5.65. The van der Waals surface area contributed by atoms with Gasteiger partial charge in [0.25, 0.3) is 5.89 Å². The summed E-state index contributed by atoms with van der Waals surface area (Å²) in [6.07, 6.45) is 3.54. The molecule has 0 radical (unpaired) electrons. The largest absolute Gasteiger partial charge is 0.417 e. The molecule has 9 heteroatoms. The Bertz CT molecular complexity index is 647. The molecule has 0 aliphatic carbocycles. The van der Waals surface area contributed by atoms with Crippen LogP contribution in [0.15, 0.2) is 22.9 Å². The molecule has 0 saturated carbocycles. The summed E-state index contributed by atoms with van der Waals surface area (Å²) < 4.78 is 39.4. The number of ether oxygens (including phenoxy) is 2. The molecule has 0 atom stereocenters. The SMILES string of the molecule is FC(F)Oc1cc(-c2noc(COCC3CCNCC3)n2)ccn1. The van der Waals surface area contributed by atoms with E-state index in [4.69, 9.17) is 9.26 Å². The Labute approximate surface area is 137 Å². The first kappa shape index (κ1) is 16.7. The van der Waals surface area contributed by atoms with Crippen molar-refractivity contribution < 1.29 is 22.8 Å². The normalized spacial score (nSPS) is 15.8. The fraction of sp³-hybridized carbons (Fsp3) is 0.533. The number of nitrogens with zero attached hydrogens (tertiary/aromatic N) is 3. The van der Waals surface area contributed by atoms with Crippen molar-refractivity contribution >= 4 is 0 Å². The van der Waals surface area contributed by atoms with Gasteiger partial charge in [-0.25, -0.2) is 4.98 Å². The highest BCUT2D eigenvalue weighted by atomic mass is 19.3. The summed E-state index contributed by atoms with van der Waals surface area (Å²) >= 11 is 0. The van der Waals surface area contributed by atoms with E-state index >= 15 is 0 Å². The van der Waals surface area contributed by atoms with Crippen LogP contribution in [0.2, 0.25) is 0 Å². The first-order valence-electron chi connectivity index (χ1n) is 7.73. The quantitative estimate of drug-likeness (QED) is 0.828. The van der Waals surface area contributed by atoms with Crippen LogP contribution in [0.1, 0.15) is 18.7 Å². The molecule has 1 aliphatic rings. The van der Waals surface area contributed by atoms with E-state index in [2.05, 4.69) is 25.2 Å². The number of aromatic nitrogens is 3. The van der Waals surface area contributed by atoms with Gasteiger partial charge in [0.15, 0.2) is 0 Å². The van der Waals surface area contributed by atoms with Crippen molar-refractivity contribution in [1.82, 2.24) is 20.4 Å². The maximum atomic E-state index is 12.2. The van der Waals surface area contributed by atoms with Crippen LogP contribution in [0.4, 0.5) is 8.78 Å². The lowest BCUT2D eigenvalue weighted by molar-refractivity contribution is -0.0528. The van der Waals surface area contributed by atoms with Crippen molar-refractivity contribution in [2.75, 3.05) is 19.7 Å². The van der Waals surface area contributed by atoms with Crippen LogP contribution in [0, 0.1) is 5.92 Å². The van der Waals surface area contributed by atoms with E-state index in [-0.39, 0.29) is 18.3 Å². The molecule has 130 valence electrons. The van der Waals surface area contributed by atoms with Crippen molar-refractivity contribution in [3.63, 3.8) is 0 Å². The number of alkyl halides is 2. The maximum absolute atomic E-state index is 12.2. The fourth-order valence-electron chi connectivity index (χ4n) is 2.50. The summed E-state index contributed by atoms with van der Waals surface area (Å²) in [4.78, 5) is 7.89. The number of pyridine rings is 1. The minimum Gasteiger partial charge on any atom is -0.417 e. The first-order chi connectivity index (χ1) is 11.7. The second-order valence-corrected chi connectivity index (χ2v) is 5.48. The molecule has 0 unspecified atom stereocenters. The van der Waals surface area contributed by atoms with E-state index in [1.165, 1.54) is 12.3 Å². The van der Waals surface area contributed by atoms with Gasteiger partial charge in [-0.15, -0.1) is 0 Å². The molecule has 1 fully saturated rings. The Morgan fingerprint density at radius 3 is 2.96 bits per heavy atom. The van der Waals surface area contributed by atoms with Gasteiger partial charge in [-0.3, -0.25) is 0 Å². The lowest BCUT2D eigenvalue weighted by atomic mass is 9.99. The van der Waals surface area contributed by atoms with Crippen molar-refractivity contribution in [2.45, 2.75) is 26.1 Å². The van der Waals surface area contributed by atoms with Gasteiger partial charge in [-0.05, 0) is 37.9 Å². The van der Waals surface area contributed by atoms with Crippen molar-refractivity contribution in [3.05, 3.63) is 24.2 Å². The van der Waals surface area contributed by atoms with Crippen LogP contribution in [0.3, 0.4) is 0 Å². The summed E-state index contributed by atoms with van der Waals surface area (Å²) in [6.45, 7) is -0.0197. The average Bonchev–Trinajstić information content (AvgIpc) is 3.04. The van der Waals surface area contributed by atoms with E-state index in [1.807, 2.05) is 0 Å². The topological polar surface area (TPSA) is 82.3 Å². The predicted octanol–water partition coefficient (Wildman–Crippen LogP) is 2.25. The lowest BCUT2D eigenvalue weighted by Crippen LogP contribution is -2.29. The van der Waals surface area contributed by atoms with E-state index in [1.54, 1.807) is 6.07 Å². The van der Waals surface area contributed by atoms with Crippen molar-refractivity contribution in [1.29, 1.82) is 0 Å². The van der Waals surface area contributed by atoms with Gasteiger partial charge in [0.2, 0.25) is 11.7 Å². The molecule has 1 N–H and O–H groups in total. The molecule has 0 aromatic carbocycles. The van der Waals surface area contributed by atoms with Gasteiger partial charge in [-0.1, -0.05) is 5.16 Å². The summed E-state index contributed by atoms with van der Waals surface area (Å²) in [5.74, 6) is 0.961. The van der Waals surface area contributed by atoms with Crippen molar-refractivity contribution in [2.24, 2.45) is 5.92 Å². The highest BCUT2D eigenvalue weighted by Gasteiger charge is 2.15. The number of hydrogen-bond donors (Lipinski definition) is 1. The zero-order chi connectivity index (χ0) is 16.8. The standard InChI is InChI=1S/C15H18F2N4O3/c16-15(17)23-12-7-11(3-6-19-12)14-20-13(24-21-14)9-22-8-10-1-4-18-5-2-10/h3,6-7,10,15,18H,1-2,4-5,8-9H2. The molecule has 2 aromatic heterocycles. The van der Waals surface area contributed by atoms with Gasteiger partial charge in [0.05, 0.1) is 6.61 Å². The molecule has 24 heavy (non-hydrogen) atoms. The molecule has 2 aromatic rings. The molecule has 0 amide bonds. The summed E-state index contributed by atoms with van der Waals surface area (Å²) in [6, 6.07) is 2.92. The molecule has 1 aliphatic heterocycles. The van der Waals surface area contributed by atoms with Crippen molar-refractivity contribution in [3.8, 4) is 17.3 Å². The van der Waals surface area contributed by atoms with E-state index < -0.39 is 6.61 Å². The van der Waals surface area contributed by atoms with Gasteiger partial charge in [-0.2, -0.15) is 13.8 Å². The van der Waals surface area contributed by atoms with Crippen LogP contribution in [-0.4, -0.2) is 41.4 Å². The molecular weight excluding hydrogens is 322 g/mol. The Hall–Kier alpha value is -2.13. The summed E-state index contributed by atoms with van der Waals surface area (Å²) in [5, 5.41) is 7.13. The highest BCUT2D eigenvalue weighted by Crippen LogP contribution is 2.21. The molecule has 7 nitrogen and oxygen atoms in total. The number of piperidine rings is 1. The molecule has 3 rings (SSSR count). The monoisotopic (exact) mass is 340 g/mol. The van der Waals surface area contributed by atoms with Gasteiger partial charge < -0.3 is 19.3 Å². The zero-order valence-electron chi connectivity index (χ0n) is 13.0. The number of hydrogen-bond acceptors (Lipinski definition) is 7.